The minimum Gasteiger partial charge on any atom is -0.484 e. The van der Waals surface area contributed by atoms with Crippen molar-refractivity contribution in [1.82, 2.24) is 10.2 Å². The van der Waals surface area contributed by atoms with Crippen LogP contribution in [0.25, 0.3) is 10.8 Å². The molecule has 0 bridgehead atoms. The summed E-state index contributed by atoms with van der Waals surface area (Å²) in [6.07, 6.45) is 0. The van der Waals surface area contributed by atoms with Crippen LogP contribution in [0.2, 0.25) is 0 Å². The molecule has 0 aliphatic heterocycles. The molecule has 0 saturated carbocycles. The van der Waals surface area contributed by atoms with Crippen LogP contribution in [0.1, 0.15) is 11.5 Å². The van der Waals surface area contributed by atoms with Gasteiger partial charge >= 0.3 is 0 Å². The molecule has 0 aliphatic rings. The third-order valence-corrected chi connectivity index (χ3v) is 3.38. The zero-order valence-electron chi connectivity index (χ0n) is 10.3. The van der Waals surface area contributed by atoms with Gasteiger partial charge in [0.05, 0.1) is 16.5 Å². The molecular weight excluding hydrogens is 274 g/mol. The highest BCUT2D eigenvalue weighted by Gasteiger charge is 2.09. The fraction of sp³-hybridized carbons (Fsp3) is 0.0714. The Labute approximate surface area is 119 Å². The largest absolute Gasteiger partial charge is 0.484 e. The summed E-state index contributed by atoms with van der Waals surface area (Å²) in [5.41, 5.74) is 0.548. The number of aromatic nitrogens is 2. The van der Waals surface area contributed by atoms with E-state index in [4.69, 9.17) is 14.4 Å². The van der Waals surface area contributed by atoms with Crippen LogP contribution in [0, 0.1) is 11.3 Å². The van der Waals surface area contributed by atoms with Gasteiger partial charge in [-0.1, -0.05) is 12.1 Å². The van der Waals surface area contributed by atoms with Crippen LogP contribution in [0.5, 0.6) is 5.75 Å². The van der Waals surface area contributed by atoms with E-state index in [1.54, 1.807) is 24.3 Å². The molecule has 2 aromatic heterocycles. The quantitative estimate of drug-likeness (QED) is 0.735. The van der Waals surface area contributed by atoms with Crippen molar-refractivity contribution in [1.29, 1.82) is 5.26 Å². The molecule has 1 aromatic carbocycles. The number of hydrogen-bond donors (Lipinski definition) is 0. The Morgan fingerprint density at radius 3 is 3.00 bits per heavy atom. The van der Waals surface area contributed by atoms with Crippen LogP contribution in [0.4, 0.5) is 0 Å². The van der Waals surface area contributed by atoms with Gasteiger partial charge < -0.3 is 9.15 Å². The summed E-state index contributed by atoms with van der Waals surface area (Å²) < 4.78 is 11.0. The van der Waals surface area contributed by atoms with Gasteiger partial charge in [-0.15, -0.1) is 21.5 Å². The summed E-state index contributed by atoms with van der Waals surface area (Å²) in [6.45, 7) is 0.174. The lowest BCUT2D eigenvalue weighted by molar-refractivity contribution is 0.264. The molecule has 0 aliphatic carbocycles. The van der Waals surface area contributed by atoms with Gasteiger partial charge in [0.2, 0.25) is 0 Å². The Kier molecular flexibility index (Phi) is 3.44. The minimum absolute atomic E-state index is 0.174. The van der Waals surface area contributed by atoms with Crippen LogP contribution in [0.15, 0.2) is 46.2 Å². The second-order valence-electron chi connectivity index (χ2n) is 3.91. The maximum Gasteiger partial charge on any atom is 0.257 e. The third-order valence-electron chi connectivity index (χ3n) is 2.52. The summed E-state index contributed by atoms with van der Waals surface area (Å²) in [7, 11) is 0. The number of thiophene rings is 1. The highest BCUT2D eigenvalue weighted by molar-refractivity contribution is 7.13. The number of ether oxygens (including phenoxy) is 1. The molecule has 3 aromatic rings. The minimum atomic E-state index is 0.174. The number of rotatable bonds is 4. The Morgan fingerprint density at radius 2 is 2.20 bits per heavy atom. The van der Waals surface area contributed by atoms with Gasteiger partial charge in [0.25, 0.3) is 11.8 Å². The molecule has 0 N–H and O–H groups in total. The average molecular weight is 283 g/mol. The van der Waals surface area contributed by atoms with E-state index < -0.39 is 0 Å². The van der Waals surface area contributed by atoms with Crippen molar-refractivity contribution in [2.24, 2.45) is 0 Å². The van der Waals surface area contributed by atoms with Gasteiger partial charge in [-0.25, -0.2) is 0 Å². The number of nitriles is 1. The first-order chi connectivity index (χ1) is 9.85. The Hall–Kier alpha value is -2.65. The van der Waals surface area contributed by atoms with Crippen molar-refractivity contribution in [2.75, 3.05) is 0 Å². The maximum atomic E-state index is 8.81. The lowest BCUT2D eigenvalue weighted by atomic mass is 10.2. The lowest BCUT2D eigenvalue weighted by Gasteiger charge is -2.02. The highest BCUT2D eigenvalue weighted by Crippen LogP contribution is 2.23. The van der Waals surface area contributed by atoms with Crippen molar-refractivity contribution < 1.29 is 9.15 Å². The van der Waals surface area contributed by atoms with E-state index in [0.29, 0.717) is 23.1 Å². The summed E-state index contributed by atoms with van der Waals surface area (Å²) in [4.78, 5) is 0.926. The van der Waals surface area contributed by atoms with Gasteiger partial charge in [-0.05, 0) is 29.6 Å². The van der Waals surface area contributed by atoms with Crippen molar-refractivity contribution >= 4 is 11.3 Å². The molecule has 0 saturated heterocycles. The van der Waals surface area contributed by atoms with E-state index in [-0.39, 0.29) is 6.61 Å². The monoisotopic (exact) mass is 283 g/mol. The summed E-state index contributed by atoms with van der Waals surface area (Å²) in [6, 6.07) is 12.8. The number of nitrogens with zero attached hydrogens (tertiary/aromatic N) is 3. The fourth-order valence-corrected chi connectivity index (χ4v) is 2.26. The predicted octanol–water partition coefficient (Wildman–Crippen LogP) is 3.25. The summed E-state index contributed by atoms with van der Waals surface area (Å²) in [5.74, 6) is 1.49. The van der Waals surface area contributed by atoms with Crippen molar-refractivity contribution in [3.8, 4) is 22.6 Å². The zero-order chi connectivity index (χ0) is 13.8. The highest BCUT2D eigenvalue weighted by atomic mass is 32.1. The number of benzene rings is 1. The van der Waals surface area contributed by atoms with E-state index in [1.165, 1.54) is 11.3 Å². The second-order valence-corrected chi connectivity index (χ2v) is 4.85. The molecule has 0 fully saturated rings. The lowest BCUT2D eigenvalue weighted by Crippen LogP contribution is -1.95. The summed E-state index contributed by atoms with van der Waals surface area (Å²) >= 11 is 1.54. The Bertz CT molecular complexity index is 744. The van der Waals surface area contributed by atoms with Crippen LogP contribution in [0.3, 0.4) is 0 Å². The van der Waals surface area contributed by atoms with Crippen LogP contribution < -0.4 is 4.74 Å². The molecule has 20 heavy (non-hydrogen) atoms. The molecule has 0 spiro atoms. The molecule has 5 nitrogen and oxygen atoms in total. The van der Waals surface area contributed by atoms with Crippen LogP contribution in [-0.4, -0.2) is 10.2 Å². The SMILES string of the molecule is N#Cc1cccc(OCc2nnc(-c3cccs3)o2)c1. The molecule has 3 rings (SSSR count). The van der Waals surface area contributed by atoms with Crippen LogP contribution in [-0.2, 0) is 6.61 Å². The molecular formula is C14H9N3O2S. The van der Waals surface area contributed by atoms with Gasteiger partial charge in [0, 0.05) is 0 Å². The first-order valence-corrected chi connectivity index (χ1v) is 6.72. The van der Waals surface area contributed by atoms with E-state index in [0.717, 1.165) is 4.88 Å². The van der Waals surface area contributed by atoms with Crippen molar-refractivity contribution in [3.05, 3.63) is 53.2 Å². The Balaban J connectivity index is 1.68. The molecule has 0 radical (unpaired) electrons. The van der Waals surface area contributed by atoms with Crippen LogP contribution >= 0.6 is 11.3 Å². The molecule has 98 valence electrons. The van der Waals surface area contributed by atoms with Gasteiger partial charge in [0.1, 0.15) is 5.75 Å². The van der Waals surface area contributed by atoms with E-state index in [9.17, 15) is 0 Å². The smallest absolute Gasteiger partial charge is 0.257 e. The third kappa shape index (κ3) is 2.68. The van der Waals surface area contributed by atoms with Gasteiger partial charge in [0.15, 0.2) is 6.61 Å². The van der Waals surface area contributed by atoms with Gasteiger partial charge in [-0.3, -0.25) is 0 Å². The summed E-state index contributed by atoms with van der Waals surface area (Å²) in [5, 5.41) is 18.7. The van der Waals surface area contributed by atoms with Gasteiger partial charge in [-0.2, -0.15) is 5.26 Å². The average Bonchev–Trinajstić information content (AvgIpc) is 3.16. The predicted molar refractivity (Wildman–Crippen MR) is 73.1 cm³/mol. The standard InChI is InChI=1S/C14H9N3O2S/c15-8-10-3-1-4-11(7-10)18-9-13-16-17-14(19-13)12-5-2-6-20-12/h1-7H,9H2. The van der Waals surface area contributed by atoms with E-state index >= 15 is 0 Å². The van der Waals surface area contributed by atoms with E-state index in [2.05, 4.69) is 16.3 Å². The fourth-order valence-electron chi connectivity index (χ4n) is 1.61. The normalized spacial score (nSPS) is 10.2. The number of hydrogen-bond acceptors (Lipinski definition) is 6. The first kappa shape index (κ1) is 12.4. The zero-order valence-corrected chi connectivity index (χ0v) is 11.1. The molecule has 0 amide bonds. The molecule has 0 unspecified atom stereocenters. The maximum absolute atomic E-state index is 8.81. The molecule has 6 heteroatoms. The van der Waals surface area contributed by atoms with E-state index in [1.807, 2.05) is 17.5 Å². The first-order valence-electron chi connectivity index (χ1n) is 5.84. The van der Waals surface area contributed by atoms with Crippen molar-refractivity contribution in [3.63, 3.8) is 0 Å². The second kappa shape index (κ2) is 5.55. The molecule has 0 atom stereocenters. The molecule has 2 heterocycles. The topological polar surface area (TPSA) is 71.9 Å². The Morgan fingerprint density at radius 1 is 1.25 bits per heavy atom. The van der Waals surface area contributed by atoms with Crippen molar-refractivity contribution in [2.45, 2.75) is 6.61 Å².